The number of amides is 1. The summed E-state index contributed by atoms with van der Waals surface area (Å²) in [5, 5.41) is 2.80. The molecule has 1 aliphatic rings. The number of hydrogen-bond acceptors (Lipinski definition) is 3. The van der Waals surface area contributed by atoms with Gasteiger partial charge in [-0.05, 0) is 43.0 Å². The number of carbonyl (C=O) groups is 1. The predicted octanol–water partition coefficient (Wildman–Crippen LogP) is 0.903. The number of nitrogens with two attached hydrogens (primary N) is 1. The number of benzene rings is 1. The Balaban J connectivity index is 1.82. The van der Waals surface area contributed by atoms with Gasteiger partial charge in [0.15, 0.2) is 0 Å². The molecule has 92 valence electrons. The predicted molar refractivity (Wildman–Crippen MR) is 67.9 cm³/mol. The van der Waals surface area contributed by atoms with Crippen LogP contribution in [0.15, 0.2) is 29.2 Å². The number of carbonyl (C=O) groups excluding carboxylic acids is 1. The van der Waals surface area contributed by atoms with Crippen LogP contribution in [0.25, 0.3) is 0 Å². The van der Waals surface area contributed by atoms with E-state index in [9.17, 15) is 9.00 Å². The number of nitrogen functional groups attached to an aromatic ring is 1. The van der Waals surface area contributed by atoms with Crippen molar-refractivity contribution in [2.75, 3.05) is 18.0 Å². The first kappa shape index (κ1) is 12.1. The molecule has 0 bridgehead atoms. The van der Waals surface area contributed by atoms with Crippen LogP contribution in [-0.2, 0) is 15.6 Å². The van der Waals surface area contributed by atoms with E-state index in [-0.39, 0.29) is 11.7 Å². The Morgan fingerprint density at radius 2 is 2.00 bits per heavy atom. The topological polar surface area (TPSA) is 72.2 Å². The van der Waals surface area contributed by atoms with Crippen LogP contribution in [0, 0.1) is 5.92 Å². The SMILES string of the molecule is Nc1ccc(S(=O)CC(=O)NCC2CC2)cc1. The van der Waals surface area contributed by atoms with Crippen LogP contribution >= 0.6 is 0 Å². The maximum atomic E-state index is 11.8. The highest BCUT2D eigenvalue weighted by Gasteiger charge is 2.22. The molecule has 1 saturated carbocycles. The van der Waals surface area contributed by atoms with Gasteiger partial charge in [-0.3, -0.25) is 9.00 Å². The first-order valence-corrected chi connectivity index (χ1v) is 6.97. The molecule has 4 nitrogen and oxygen atoms in total. The Morgan fingerprint density at radius 3 is 2.59 bits per heavy atom. The summed E-state index contributed by atoms with van der Waals surface area (Å²) in [6, 6.07) is 6.77. The Morgan fingerprint density at radius 1 is 1.35 bits per heavy atom. The second-order valence-corrected chi connectivity index (χ2v) is 5.76. The van der Waals surface area contributed by atoms with Gasteiger partial charge in [0.25, 0.3) is 0 Å². The van der Waals surface area contributed by atoms with Crippen LogP contribution in [0.5, 0.6) is 0 Å². The summed E-state index contributed by atoms with van der Waals surface area (Å²) in [4.78, 5) is 12.1. The number of anilines is 1. The Bertz CT molecular complexity index is 427. The molecule has 1 unspecified atom stereocenters. The Labute approximate surface area is 103 Å². The molecule has 0 aliphatic heterocycles. The average Bonchev–Trinajstić information content (AvgIpc) is 3.11. The highest BCUT2D eigenvalue weighted by Crippen LogP contribution is 2.27. The summed E-state index contributed by atoms with van der Waals surface area (Å²) in [5.74, 6) is 0.521. The van der Waals surface area contributed by atoms with E-state index in [1.807, 2.05) is 0 Å². The van der Waals surface area contributed by atoms with E-state index in [0.717, 1.165) is 6.54 Å². The monoisotopic (exact) mass is 252 g/mol. The van der Waals surface area contributed by atoms with Gasteiger partial charge in [0.1, 0.15) is 5.75 Å². The van der Waals surface area contributed by atoms with Gasteiger partial charge in [0.05, 0.1) is 10.8 Å². The fraction of sp³-hybridized carbons (Fsp3) is 0.417. The van der Waals surface area contributed by atoms with E-state index in [4.69, 9.17) is 5.73 Å². The van der Waals surface area contributed by atoms with Crippen molar-refractivity contribution in [1.82, 2.24) is 5.32 Å². The first-order chi connectivity index (χ1) is 8.15. The van der Waals surface area contributed by atoms with Crippen LogP contribution in [0.2, 0.25) is 0 Å². The summed E-state index contributed by atoms with van der Waals surface area (Å²) in [5.41, 5.74) is 6.17. The zero-order valence-electron chi connectivity index (χ0n) is 9.52. The highest BCUT2D eigenvalue weighted by molar-refractivity contribution is 7.85. The summed E-state index contributed by atoms with van der Waals surface area (Å²) >= 11 is 0. The third-order valence-corrected chi connectivity index (χ3v) is 4.01. The van der Waals surface area contributed by atoms with E-state index in [2.05, 4.69) is 5.32 Å². The summed E-state index contributed by atoms with van der Waals surface area (Å²) < 4.78 is 11.8. The standard InChI is InChI=1S/C12H16N2O2S/c13-10-3-5-11(6-4-10)17(16)8-12(15)14-7-9-1-2-9/h3-6,9H,1-2,7-8,13H2,(H,14,15). The molecule has 1 atom stereocenters. The number of nitrogens with one attached hydrogen (secondary N) is 1. The van der Waals surface area contributed by atoms with E-state index in [0.29, 0.717) is 16.5 Å². The summed E-state index contributed by atoms with van der Waals surface area (Å²) in [6.45, 7) is 0.720. The molecule has 1 aliphatic carbocycles. The van der Waals surface area contributed by atoms with E-state index >= 15 is 0 Å². The van der Waals surface area contributed by atoms with Crippen molar-refractivity contribution in [3.8, 4) is 0 Å². The lowest BCUT2D eigenvalue weighted by Gasteiger charge is -2.04. The van der Waals surface area contributed by atoms with Crippen LogP contribution in [0.4, 0.5) is 5.69 Å². The molecule has 1 fully saturated rings. The Hall–Kier alpha value is -1.36. The highest BCUT2D eigenvalue weighted by atomic mass is 32.2. The molecule has 3 N–H and O–H groups in total. The smallest absolute Gasteiger partial charge is 0.233 e. The van der Waals surface area contributed by atoms with Crippen molar-refractivity contribution < 1.29 is 9.00 Å². The molecule has 0 saturated heterocycles. The zero-order chi connectivity index (χ0) is 12.3. The number of hydrogen-bond donors (Lipinski definition) is 2. The minimum atomic E-state index is -1.28. The van der Waals surface area contributed by atoms with Crippen LogP contribution in [0.3, 0.4) is 0 Å². The third kappa shape index (κ3) is 3.85. The van der Waals surface area contributed by atoms with Crippen LogP contribution in [-0.4, -0.2) is 22.4 Å². The molecule has 0 radical (unpaired) electrons. The van der Waals surface area contributed by atoms with Gasteiger partial charge < -0.3 is 11.1 Å². The fourth-order valence-electron chi connectivity index (χ4n) is 1.45. The van der Waals surface area contributed by atoms with Crippen molar-refractivity contribution in [2.24, 2.45) is 5.92 Å². The van der Waals surface area contributed by atoms with E-state index in [1.165, 1.54) is 12.8 Å². The van der Waals surface area contributed by atoms with Crippen LogP contribution in [0.1, 0.15) is 12.8 Å². The van der Waals surface area contributed by atoms with Gasteiger partial charge in [-0.25, -0.2) is 0 Å². The third-order valence-electron chi connectivity index (χ3n) is 2.69. The molecule has 1 aromatic rings. The zero-order valence-corrected chi connectivity index (χ0v) is 10.3. The molecular formula is C12H16N2O2S. The van der Waals surface area contributed by atoms with Gasteiger partial charge >= 0.3 is 0 Å². The van der Waals surface area contributed by atoms with Crippen LogP contribution < -0.4 is 11.1 Å². The second-order valence-electron chi connectivity index (χ2n) is 4.31. The lowest BCUT2D eigenvalue weighted by Crippen LogP contribution is -2.29. The lowest BCUT2D eigenvalue weighted by molar-refractivity contribution is -0.118. The maximum Gasteiger partial charge on any atom is 0.233 e. The minimum absolute atomic E-state index is 0.0244. The van der Waals surface area contributed by atoms with Crippen molar-refractivity contribution in [1.29, 1.82) is 0 Å². The summed E-state index contributed by atoms with van der Waals surface area (Å²) in [6.07, 6.45) is 2.39. The van der Waals surface area contributed by atoms with Crippen molar-refractivity contribution in [2.45, 2.75) is 17.7 Å². The van der Waals surface area contributed by atoms with Crippen molar-refractivity contribution in [3.05, 3.63) is 24.3 Å². The molecule has 0 aromatic heterocycles. The normalized spacial score (nSPS) is 16.5. The van der Waals surface area contributed by atoms with Crippen molar-refractivity contribution in [3.63, 3.8) is 0 Å². The Kier molecular flexibility index (Phi) is 3.78. The minimum Gasteiger partial charge on any atom is -0.399 e. The van der Waals surface area contributed by atoms with Gasteiger partial charge in [0, 0.05) is 17.1 Å². The van der Waals surface area contributed by atoms with E-state index < -0.39 is 10.8 Å². The molecule has 1 aromatic carbocycles. The second kappa shape index (κ2) is 5.31. The van der Waals surface area contributed by atoms with Crippen molar-refractivity contribution >= 4 is 22.4 Å². The maximum absolute atomic E-state index is 11.8. The molecule has 2 rings (SSSR count). The lowest BCUT2D eigenvalue weighted by atomic mass is 10.3. The first-order valence-electron chi connectivity index (χ1n) is 5.66. The average molecular weight is 252 g/mol. The molecule has 1 amide bonds. The quantitative estimate of drug-likeness (QED) is 0.765. The molecule has 0 heterocycles. The summed E-state index contributed by atoms with van der Waals surface area (Å²) in [7, 11) is -1.28. The number of rotatable bonds is 5. The molecule has 17 heavy (non-hydrogen) atoms. The largest absolute Gasteiger partial charge is 0.399 e. The van der Waals surface area contributed by atoms with Gasteiger partial charge in [-0.15, -0.1) is 0 Å². The van der Waals surface area contributed by atoms with Gasteiger partial charge in [0.2, 0.25) is 5.91 Å². The van der Waals surface area contributed by atoms with E-state index in [1.54, 1.807) is 24.3 Å². The van der Waals surface area contributed by atoms with Gasteiger partial charge in [-0.2, -0.15) is 0 Å². The molecule has 5 heteroatoms. The molecule has 0 spiro atoms. The fourth-order valence-corrected chi connectivity index (χ4v) is 2.40. The molecular weight excluding hydrogens is 236 g/mol. The van der Waals surface area contributed by atoms with Gasteiger partial charge in [-0.1, -0.05) is 0 Å².